The second-order valence-corrected chi connectivity index (χ2v) is 7.21. The molecule has 29 heavy (non-hydrogen) atoms. The second kappa shape index (κ2) is 9.02. The van der Waals surface area contributed by atoms with Crippen LogP contribution >= 0.6 is 0 Å². The molecule has 0 radical (unpaired) electrons. The number of quaternary nitrogens is 1. The molecule has 1 heterocycles. The molecule has 0 fully saturated rings. The van der Waals surface area contributed by atoms with Gasteiger partial charge in [0.15, 0.2) is 0 Å². The number of methoxy groups -OCH3 is 1. The summed E-state index contributed by atoms with van der Waals surface area (Å²) in [7, 11) is 6.83. The van der Waals surface area contributed by atoms with E-state index in [0.717, 1.165) is 0 Å². The maximum atomic E-state index is 12.5. The second-order valence-electron chi connectivity index (χ2n) is 7.21. The standard InChI is InChI=1S/C19H27N7O3/c1-13-16(18(27)28-5)17(15-8-6-14(12-20)7-9-15)25(19(21)23-13)29-26(4,22)11-10-24(2)3/h6-9,17H,10-11,22H2,1-5H3,(H-,21,23,27)/p+1. The van der Waals surface area contributed by atoms with Gasteiger partial charge in [0.1, 0.15) is 19.6 Å². The summed E-state index contributed by atoms with van der Waals surface area (Å²) in [5, 5.41) is 10.4. The Balaban J connectivity index is 2.50. The number of likely N-dealkylation sites (N-methyl/N-ethyl adjacent to an activating group) is 2. The number of rotatable bonds is 7. The number of nitriles is 1. The number of esters is 1. The van der Waals surface area contributed by atoms with Gasteiger partial charge in [-0.1, -0.05) is 21.8 Å². The lowest BCUT2D eigenvalue weighted by molar-refractivity contribution is -1.12. The van der Waals surface area contributed by atoms with Crippen molar-refractivity contribution in [1.82, 2.24) is 9.96 Å². The van der Waals surface area contributed by atoms with Gasteiger partial charge in [-0.05, 0) is 38.7 Å². The lowest BCUT2D eigenvalue weighted by Crippen LogP contribution is -2.60. The Hall–Kier alpha value is -2.97. The lowest BCUT2D eigenvalue weighted by atomic mass is 9.95. The number of ether oxygens (including phenoxy) is 1. The number of carbonyl (C=O) groups excluding carboxylic acids is 1. The quantitative estimate of drug-likeness (QED) is 0.290. The number of hydrogen-bond donors (Lipinski definition) is 2. The van der Waals surface area contributed by atoms with Crippen LogP contribution in [-0.2, 0) is 14.5 Å². The summed E-state index contributed by atoms with van der Waals surface area (Å²) in [5.41, 5.74) is 8.02. The molecule has 0 saturated heterocycles. The largest absolute Gasteiger partial charge is 0.466 e. The van der Waals surface area contributed by atoms with Crippen LogP contribution < -0.4 is 11.6 Å². The van der Waals surface area contributed by atoms with Crippen molar-refractivity contribution in [2.45, 2.75) is 13.0 Å². The Kier molecular flexibility index (Phi) is 6.94. The van der Waals surface area contributed by atoms with Gasteiger partial charge in [0.2, 0.25) is 5.96 Å². The fourth-order valence-electron chi connectivity index (χ4n) is 2.87. The van der Waals surface area contributed by atoms with Crippen LogP contribution in [0.2, 0.25) is 0 Å². The van der Waals surface area contributed by atoms with Crippen LogP contribution in [0.3, 0.4) is 0 Å². The van der Waals surface area contributed by atoms with E-state index >= 15 is 0 Å². The molecular formula is C19H28N7O3+. The molecule has 1 aromatic carbocycles. The minimum Gasteiger partial charge on any atom is -0.466 e. The monoisotopic (exact) mass is 402 g/mol. The van der Waals surface area contributed by atoms with Crippen LogP contribution in [0.1, 0.15) is 24.1 Å². The molecule has 1 aliphatic heterocycles. The summed E-state index contributed by atoms with van der Waals surface area (Å²) >= 11 is 0. The first-order valence-electron chi connectivity index (χ1n) is 9.00. The van der Waals surface area contributed by atoms with E-state index in [1.54, 1.807) is 38.2 Å². The number of allylic oxidation sites excluding steroid dienone is 1. The summed E-state index contributed by atoms with van der Waals surface area (Å²) < 4.78 is 4.63. The lowest BCUT2D eigenvalue weighted by Gasteiger charge is -2.38. The van der Waals surface area contributed by atoms with Crippen molar-refractivity contribution in [2.24, 2.45) is 16.6 Å². The van der Waals surface area contributed by atoms with Gasteiger partial charge >= 0.3 is 5.97 Å². The number of hydroxylamine groups is 4. The highest BCUT2D eigenvalue weighted by Crippen LogP contribution is 2.35. The number of nitrogens with two attached hydrogens (primary N) is 2. The average molecular weight is 402 g/mol. The van der Waals surface area contributed by atoms with E-state index in [-0.39, 0.29) is 16.3 Å². The molecule has 2 rings (SSSR count). The summed E-state index contributed by atoms with van der Waals surface area (Å²) in [6.45, 7) is 2.79. The van der Waals surface area contributed by atoms with Crippen LogP contribution in [-0.4, -0.2) is 68.0 Å². The van der Waals surface area contributed by atoms with E-state index in [1.807, 2.05) is 19.0 Å². The normalized spacial score (nSPS) is 18.9. The van der Waals surface area contributed by atoms with Gasteiger partial charge in [0.05, 0.1) is 36.6 Å². The molecule has 4 N–H and O–H groups in total. The van der Waals surface area contributed by atoms with E-state index in [0.29, 0.717) is 29.9 Å². The number of carbonyl (C=O) groups is 1. The van der Waals surface area contributed by atoms with Crippen molar-refractivity contribution >= 4 is 11.9 Å². The first kappa shape index (κ1) is 22.3. The topological polar surface area (TPSA) is 130 Å². The Morgan fingerprint density at radius 1 is 1.38 bits per heavy atom. The van der Waals surface area contributed by atoms with Crippen LogP contribution in [0.25, 0.3) is 0 Å². The third kappa shape index (κ3) is 5.30. The molecule has 10 heteroatoms. The number of hydrogen-bond acceptors (Lipinski definition) is 9. The highest BCUT2D eigenvalue weighted by molar-refractivity contribution is 5.94. The molecule has 1 aromatic rings. The average Bonchev–Trinajstić information content (AvgIpc) is 2.67. The van der Waals surface area contributed by atoms with Gasteiger partial charge < -0.3 is 15.4 Å². The molecule has 2 unspecified atom stereocenters. The minimum atomic E-state index is -0.743. The molecule has 0 saturated carbocycles. The summed E-state index contributed by atoms with van der Waals surface area (Å²) in [4.78, 5) is 24.8. The highest BCUT2D eigenvalue weighted by Gasteiger charge is 2.41. The molecule has 0 aromatic heterocycles. The third-order valence-corrected chi connectivity index (χ3v) is 4.43. The predicted octanol–water partition coefficient (Wildman–Crippen LogP) is 0.405. The molecule has 0 aliphatic carbocycles. The Bertz CT molecular complexity index is 854. The van der Waals surface area contributed by atoms with Crippen molar-refractivity contribution in [3.63, 3.8) is 0 Å². The fraction of sp³-hybridized carbons (Fsp3) is 0.421. The smallest absolute Gasteiger partial charge is 0.338 e. The molecule has 10 nitrogen and oxygen atoms in total. The first-order chi connectivity index (χ1) is 13.6. The Labute approximate surface area is 170 Å². The minimum absolute atomic E-state index is 0.0594. The van der Waals surface area contributed by atoms with Crippen LogP contribution in [0.15, 0.2) is 40.5 Å². The van der Waals surface area contributed by atoms with Gasteiger partial charge in [-0.25, -0.2) is 9.79 Å². The van der Waals surface area contributed by atoms with E-state index in [2.05, 4.69) is 11.1 Å². The molecular weight excluding hydrogens is 374 g/mol. The summed E-state index contributed by atoms with van der Waals surface area (Å²) in [6.07, 6.45) is 0. The van der Waals surface area contributed by atoms with Crippen LogP contribution in [0, 0.1) is 11.3 Å². The number of nitrogens with zero attached hydrogens (tertiary/aromatic N) is 5. The zero-order chi connectivity index (χ0) is 21.8. The van der Waals surface area contributed by atoms with E-state index in [4.69, 9.17) is 26.5 Å². The molecule has 156 valence electrons. The maximum absolute atomic E-state index is 12.5. The molecule has 0 spiro atoms. The predicted molar refractivity (Wildman–Crippen MR) is 107 cm³/mol. The first-order valence-corrected chi connectivity index (χ1v) is 9.00. The van der Waals surface area contributed by atoms with Crippen LogP contribution in [0.4, 0.5) is 0 Å². The Morgan fingerprint density at radius 3 is 2.52 bits per heavy atom. The van der Waals surface area contributed by atoms with Gasteiger partial charge in [-0.15, -0.1) is 5.84 Å². The molecule has 0 amide bonds. The summed E-state index contributed by atoms with van der Waals surface area (Å²) in [5.74, 6) is 5.80. The molecule has 0 bridgehead atoms. The maximum Gasteiger partial charge on any atom is 0.338 e. The molecule has 1 aliphatic rings. The van der Waals surface area contributed by atoms with E-state index in [9.17, 15) is 4.79 Å². The van der Waals surface area contributed by atoms with Crippen molar-refractivity contribution in [3.8, 4) is 6.07 Å². The van der Waals surface area contributed by atoms with Gasteiger partial charge in [0.25, 0.3) is 0 Å². The van der Waals surface area contributed by atoms with E-state index < -0.39 is 12.0 Å². The van der Waals surface area contributed by atoms with Gasteiger partial charge in [-0.3, -0.25) is 0 Å². The molecule has 2 atom stereocenters. The Morgan fingerprint density at radius 2 is 2.00 bits per heavy atom. The summed E-state index contributed by atoms with van der Waals surface area (Å²) in [6, 6.07) is 8.10. The number of benzene rings is 1. The number of aliphatic imine (C=N–C) groups is 1. The van der Waals surface area contributed by atoms with Gasteiger partial charge in [-0.2, -0.15) is 10.3 Å². The highest BCUT2D eigenvalue weighted by atomic mass is 16.9. The van der Waals surface area contributed by atoms with Crippen molar-refractivity contribution < 1.29 is 19.2 Å². The van der Waals surface area contributed by atoms with Crippen molar-refractivity contribution in [1.29, 1.82) is 5.26 Å². The zero-order valence-corrected chi connectivity index (χ0v) is 17.4. The number of guanidine groups is 1. The van der Waals surface area contributed by atoms with E-state index in [1.165, 1.54) is 12.2 Å². The SMILES string of the molecule is COC(=O)C1=C(C)N=C(N)N(O[N+](C)(N)CCN(C)C)C1c1ccc(C#N)cc1. The van der Waals surface area contributed by atoms with Crippen molar-refractivity contribution in [3.05, 3.63) is 46.7 Å². The van der Waals surface area contributed by atoms with Gasteiger partial charge in [0, 0.05) is 0 Å². The van der Waals surface area contributed by atoms with Crippen LogP contribution in [0.5, 0.6) is 0 Å². The third-order valence-electron chi connectivity index (χ3n) is 4.43. The van der Waals surface area contributed by atoms with Crippen molar-refractivity contribution in [2.75, 3.05) is 41.3 Å². The zero-order valence-electron chi connectivity index (χ0n) is 17.4. The fourth-order valence-corrected chi connectivity index (χ4v) is 2.87.